The van der Waals surface area contributed by atoms with Gasteiger partial charge in [0.1, 0.15) is 5.75 Å². The number of hydrogen-bond donors (Lipinski definition) is 1. The molecule has 1 aromatic carbocycles. The molecule has 0 atom stereocenters. The van der Waals surface area contributed by atoms with Crippen molar-refractivity contribution in [3.8, 4) is 5.75 Å². The van der Waals surface area contributed by atoms with Crippen molar-refractivity contribution in [3.63, 3.8) is 0 Å². The van der Waals surface area contributed by atoms with Crippen molar-refractivity contribution >= 4 is 23.2 Å². The Hall–Kier alpha value is -1.22. The summed E-state index contributed by atoms with van der Waals surface area (Å²) in [5, 5.41) is 3.28. The molecule has 1 rings (SSSR count). The molecule has 94 valence electrons. The standard InChI is InChI=1S/C13H18ClNO2/c1-9(2)4-7-13(16)15-12-6-5-10(17-3)8-11(12)14/h5-6,8-9H,4,7H2,1-3H3,(H,15,16). The highest BCUT2D eigenvalue weighted by Crippen LogP contribution is 2.26. The van der Waals surface area contributed by atoms with Gasteiger partial charge >= 0.3 is 0 Å². The number of methoxy groups -OCH3 is 1. The molecule has 0 aliphatic carbocycles. The minimum absolute atomic E-state index is 0.00855. The second-order valence-corrected chi connectivity index (χ2v) is 4.73. The third kappa shape index (κ3) is 4.65. The maximum absolute atomic E-state index is 11.6. The molecule has 0 radical (unpaired) electrons. The third-order valence-electron chi connectivity index (χ3n) is 2.40. The van der Waals surface area contributed by atoms with Gasteiger partial charge in [0, 0.05) is 12.5 Å². The maximum Gasteiger partial charge on any atom is 0.224 e. The van der Waals surface area contributed by atoms with Crippen LogP contribution in [0.25, 0.3) is 0 Å². The number of halogens is 1. The van der Waals surface area contributed by atoms with E-state index in [-0.39, 0.29) is 5.91 Å². The van der Waals surface area contributed by atoms with Gasteiger partial charge in [-0.15, -0.1) is 0 Å². The summed E-state index contributed by atoms with van der Waals surface area (Å²) in [7, 11) is 1.58. The molecule has 0 aliphatic heterocycles. The Morgan fingerprint density at radius 1 is 1.47 bits per heavy atom. The summed E-state index contributed by atoms with van der Waals surface area (Å²) in [6.07, 6.45) is 1.39. The average Bonchev–Trinajstić information content (AvgIpc) is 2.29. The first-order valence-corrected chi connectivity index (χ1v) is 6.04. The van der Waals surface area contributed by atoms with Crippen molar-refractivity contribution in [1.82, 2.24) is 0 Å². The highest BCUT2D eigenvalue weighted by Gasteiger charge is 2.07. The molecule has 0 aromatic heterocycles. The van der Waals surface area contributed by atoms with E-state index < -0.39 is 0 Å². The van der Waals surface area contributed by atoms with Gasteiger partial charge in [0.2, 0.25) is 5.91 Å². The predicted molar refractivity (Wildman–Crippen MR) is 70.7 cm³/mol. The van der Waals surface area contributed by atoms with E-state index >= 15 is 0 Å². The second kappa shape index (κ2) is 6.50. The van der Waals surface area contributed by atoms with Gasteiger partial charge in [-0.25, -0.2) is 0 Å². The van der Waals surface area contributed by atoms with E-state index in [0.29, 0.717) is 28.8 Å². The van der Waals surface area contributed by atoms with Gasteiger partial charge in [0.05, 0.1) is 17.8 Å². The molecule has 1 N–H and O–H groups in total. The van der Waals surface area contributed by atoms with E-state index in [0.717, 1.165) is 6.42 Å². The molecule has 0 saturated carbocycles. The highest BCUT2D eigenvalue weighted by molar-refractivity contribution is 6.33. The summed E-state index contributed by atoms with van der Waals surface area (Å²) >= 11 is 6.02. The van der Waals surface area contributed by atoms with Crippen molar-refractivity contribution in [2.45, 2.75) is 26.7 Å². The first-order chi connectivity index (χ1) is 8.02. The van der Waals surface area contributed by atoms with E-state index in [1.165, 1.54) is 0 Å². The van der Waals surface area contributed by atoms with Crippen LogP contribution >= 0.6 is 11.6 Å². The fourth-order valence-corrected chi connectivity index (χ4v) is 1.57. The molecule has 0 aliphatic rings. The molecule has 0 heterocycles. The number of carbonyl (C=O) groups excluding carboxylic acids is 1. The van der Waals surface area contributed by atoms with Crippen LogP contribution in [0.3, 0.4) is 0 Å². The summed E-state index contributed by atoms with van der Waals surface area (Å²) in [6, 6.07) is 5.19. The zero-order valence-corrected chi connectivity index (χ0v) is 11.2. The summed E-state index contributed by atoms with van der Waals surface area (Å²) in [5.74, 6) is 1.19. The Kier molecular flexibility index (Phi) is 5.29. The minimum atomic E-state index is -0.00855. The zero-order chi connectivity index (χ0) is 12.8. The molecule has 0 fully saturated rings. The van der Waals surface area contributed by atoms with Gasteiger partial charge in [-0.3, -0.25) is 4.79 Å². The van der Waals surface area contributed by atoms with Crippen LogP contribution in [0.4, 0.5) is 5.69 Å². The van der Waals surface area contributed by atoms with Crippen LogP contribution in [0.15, 0.2) is 18.2 Å². The molecular weight excluding hydrogens is 238 g/mol. The van der Waals surface area contributed by atoms with Crippen LogP contribution in [-0.4, -0.2) is 13.0 Å². The van der Waals surface area contributed by atoms with Crippen LogP contribution in [0.1, 0.15) is 26.7 Å². The number of benzene rings is 1. The number of rotatable bonds is 5. The van der Waals surface area contributed by atoms with Crippen molar-refractivity contribution < 1.29 is 9.53 Å². The zero-order valence-electron chi connectivity index (χ0n) is 10.4. The molecule has 0 spiro atoms. The van der Waals surface area contributed by atoms with Gasteiger partial charge in [-0.05, 0) is 24.5 Å². The van der Waals surface area contributed by atoms with Crippen molar-refractivity contribution in [2.24, 2.45) is 5.92 Å². The fourth-order valence-electron chi connectivity index (χ4n) is 1.36. The first-order valence-electron chi connectivity index (χ1n) is 5.66. The monoisotopic (exact) mass is 255 g/mol. The quantitative estimate of drug-likeness (QED) is 0.871. The first kappa shape index (κ1) is 13.8. The number of anilines is 1. The Morgan fingerprint density at radius 2 is 2.18 bits per heavy atom. The lowest BCUT2D eigenvalue weighted by molar-refractivity contribution is -0.116. The molecule has 0 saturated heterocycles. The second-order valence-electron chi connectivity index (χ2n) is 4.33. The molecule has 0 unspecified atom stereocenters. The Morgan fingerprint density at radius 3 is 2.71 bits per heavy atom. The van der Waals surface area contributed by atoms with Gasteiger partial charge < -0.3 is 10.1 Å². The van der Waals surface area contributed by atoms with Crippen LogP contribution in [0, 0.1) is 5.92 Å². The van der Waals surface area contributed by atoms with Crippen molar-refractivity contribution in [3.05, 3.63) is 23.2 Å². The predicted octanol–water partition coefficient (Wildman–Crippen LogP) is 3.72. The minimum Gasteiger partial charge on any atom is -0.497 e. The third-order valence-corrected chi connectivity index (χ3v) is 2.71. The molecule has 17 heavy (non-hydrogen) atoms. The van der Waals surface area contributed by atoms with E-state index in [9.17, 15) is 4.79 Å². The molecule has 1 aromatic rings. The van der Waals surface area contributed by atoms with Gasteiger partial charge in [-0.1, -0.05) is 25.4 Å². The van der Waals surface area contributed by atoms with Crippen LogP contribution in [0.5, 0.6) is 5.75 Å². The SMILES string of the molecule is COc1ccc(NC(=O)CCC(C)C)c(Cl)c1. The topological polar surface area (TPSA) is 38.3 Å². The van der Waals surface area contributed by atoms with E-state index in [1.54, 1.807) is 25.3 Å². The molecule has 4 heteroatoms. The number of carbonyl (C=O) groups is 1. The summed E-state index contributed by atoms with van der Waals surface area (Å²) in [6.45, 7) is 4.18. The van der Waals surface area contributed by atoms with E-state index in [2.05, 4.69) is 19.2 Å². The fraction of sp³-hybridized carbons (Fsp3) is 0.462. The van der Waals surface area contributed by atoms with Crippen LogP contribution < -0.4 is 10.1 Å². The normalized spacial score (nSPS) is 10.4. The maximum atomic E-state index is 11.6. The lowest BCUT2D eigenvalue weighted by Gasteiger charge is -2.09. The molecule has 1 amide bonds. The van der Waals surface area contributed by atoms with Gasteiger partial charge in [0.25, 0.3) is 0 Å². The largest absolute Gasteiger partial charge is 0.497 e. The summed E-state index contributed by atoms with van der Waals surface area (Å²) in [5.41, 5.74) is 0.626. The summed E-state index contributed by atoms with van der Waals surface area (Å²) < 4.78 is 5.04. The highest BCUT2D eigenvalue weighted by atomic mass is 35.5. The Balaban J connectivity index is 2.59. The smallest absolute Gasteiger partial charge is 0.224 e. The number of ether oxygens (including phenoxy) is 1. The average molecular weight is 256 g/mol. The Labute approximate surface area is 107 Å². The van der Waals surface area contributed by atoms with Gasteiger partial charge in [-0.2, -0.15) is 0 Å². The van der Waals surface area contributed by atoms with Gasteiger partial charge in [0.15, 0.2) is 0 Å². The number of nitrogens with one attached hydrogen (secondary N) is 1. The lowest BCUT2D eigenvalue weighted by Crippen LogP contribution is -2.12. The van der Waals surface area contributed by atoms with E-state index in [4.69, 9.17) is 16.3 Å². The summed E-state index contributed by atoms with van der Waals surface area (Å²) in [4.78, 5) is 11.6. The van der Waals surface area contributed by atoms with Crippen molar-refractivity contribution in [2.75, 3.05) is 12.4 Å². The lowest BCUT2D eigenvalue weighted by atomic mass is 10.1. The Bertz CT molecular complexity index is 391. The number of amides is 1. The van der Waals surface area contributed by atoms with Crippen molar-refractivity contribution in [1.29, 1.82) is 0 Å². The number of hydrogen-bond acceptors (Lipinski definition) is 2. The van der Waals surface area contributed by atoms with Crippen LogP contribution in [0.2, 0.25) is 5.02 Å². The molecule has 3 nitrogen and oxygen atoms in total. The molecular formula is C13H18ClNO2. The van der Waals surface area contributed by atoms with Crippen LogP contribution in [-0.2, 0) is 4.79 Å². The van der Waals surface area contributed by atoms with E-state index in [1.807, 2.05) is 0 Å². The molecule has 0 bridgehead atoms.